The number of nitrogens with two attached hydrogens (primary N) is 1. The number of carbonyl (C=O) groups excluding carboxylic acids is 3. The Labute approximate surface area is 177 Å². The molecule has 8 nitrogen and oxygen atoms in total. The first-order chi connectivity index (χ1) is 14.1. The fourth-order valence-corrected chi connectivity index (χ4v) is 3.41. The van der Waals surface area contributed by atoms with Gasteiger partial charge in [-0.2, -0.15) is 0 Å². The summed E-state index contributed by atoms with van der Waals surface area (Å²) in [6, 6.07) is 5.33. The number of hydrogen-bond acceptors (Lipinski definition) is 6. The topological polar surface area (TPSA) is 120 Å². The third-order valence-corrected chi connectivity index (χ3v) is 4.95. The van der Waals surface area contributed by atoms with Crippen molar-refractivity contribution in [2.75, 3.05) is 6.54 Å². The summed E-state index contributed by atoms with van der Waals surface area (Å²) in [5.41, 5.74) is 6.95. The summed E-state index contributed by atoms with van der Waals surface area (Å²) in [6.45, 7) is 9.18. The van der Waals surface area contributed by atoms with Crippen molar-refractivity contribution >= 4 is 17.8 Å². The molecular weight excluding hydrogens is 386 g/mol. The highest BCUT2D eigenvalue weighted by Gasteiger charge is 2.33. The molecule has 30 heavy (non-hydrogen) atoms. The molecule has 2 heterocycles. The molecule has 1 aromatic carbocycles. The zero-order chi connectivity index (χ0) is 22.4. The largest absolute Gasteiger partial charge is 0.488 e. The molecule has 0 spiro atoms. The highest BCUT2D eigenvalue weighted by atomic mass is 16.5. The summed E-state index contributed by atoms with van der Waals surface area (Å²) in [4.78, 5) is 37.2. The van der Waals surface area contributed by atoms with Gasteiger partial charge < -0.3 is 25.8 Å². The lowest BCUT2D eigenvalue weighted by molar-refractivity contribution is -0.147. The van der Waals surface area contributed by atoms with Crippen LogP contribution in [0.2, 0.25) is 0 Å². The minimum absolute atomic E-state index is 0.0375. The Morgan fingerprint density at radius 2 is 1.80 bits per heavy atom. The van der Waals surface area contributed by atoms with Gasteiger partial charge in [0.1, 0.15) is 30.0 Å². The van der Waals surface area contributed by atoms with Crippen LogP contribution in [0.1, 0.15) is 52.7 Å². The maximum absolute atomic E-state index is 12.8. The normalized spacial score (nSPS) is 25.3. The molecule has 4 atom stereocenters. The van der Waals surface area contributed by atoms with Crippen LogP contribution in [0.5, 0.6) is 5.75 Å². The standard InChI is InChI=1S/C22H33N3O5/c1-12(2)10-17-21(27)24-11-18(29-14(5)26)15-6-8-16(9-7-15)30-20(13(3)4)19(23)22(28)25-17/h6-9,12-13,17-20H,10-11,23H2,1-5H3,(H,24,27)(H,25,28)/t17-,18-,19-,20-/m0/s1. The van der Waals surface area contributed by atoms with E-state index in [0.29, 0.717) is 12.2 Å². The van der Waals surface area contributed by atoms with E-state index in [-0.39, 0.29) is 24.3 Å². The average Bonchev–Trinajstić information content (AvgIpc) is 2.67. The van der Waals surface area contributed by atoms with Crippen LogP contribution in [0, 0.1) is 11.8 Å². The number of hydrogen-bond donors (Lipinski definition) is 3. The zero-order valence-electron chi connectivity index (χ0n) is 18.3. The van der Waals surface area contributed by atoms with E-state index in [1.165, 1.54) is 6.92 Å². The van der Waals surface area contributed by atoms with E-state index >= 15 is 0 Å². The molecule has 166 valence electrons. The van der Waals surface area contributed by atoms with Crippen LogP contribution in [0.3, 0.4) is 0 Å². The van der Waals surface area contributed by atoms with Crippen molar-refractivity contribution in [2.45, 2.75) is 65.3 Å². The second kappa shape index (κ2) is 10.4. The summed E-state index contributed by atoms with van der Waals surface area (Å²) < 4.78 is 11.4. The van der Waals surface area contributed by atoms with E-state index < -0.39 is 36.2 Å². The predicted octanol–water partition coefficient (Wildman–Crippen LogP) is 1.68. The first-order valence-electron chi connectivity index (χ1n) is 10.4. The number of carbonyl (C=O) groups is 3. The van der Waals surface area contributed by atoms with E-state index in [0.717, 1.165) is 5.56 Å². The summed E-state index contributed by atoms with van der Waals surface area (Å²) in [7, 11) is 0. The lowest BCUT2D eigenvalue weighted by atomic mass is 9.97. The third-order valence-electron chi connectivity index (χ3n) is 4.95. The molecule has 0 radical (unpaired) electrons. The number of benzene rings is 1. The Hall–Kier alpha value is -2.61. The van der Waals surface area contributed by atoms with Gasteiger partial charge in [0.2, 0.25) is 11.8 Å². The van der Waals surface area contributed by atoms with Crippen LogP contribution < -0.4 is 21.1 Å². The van der Waals surface area contributed by atoms with Gasteiger partial charge in [0.25, 0.3) is 0 Å². The van der Waals surface area contributed by atoms with Crippen LogP contribution in [0.4, 0.5) is 0 Å². The molecular formula is C22H33N3O5. The molecule has 2 aliphatic heterocycles. The van der Waals surface area contributed by atoms with Crippen molar-refractivity contribution in [3.05, 3.63) is 29.8 Å². The molecule has 0 unspecified atom stereocenters. The molecule has 0 saturated heterocycles. The van der Waals surface area contributed by atoms with E-state index in [9.17, 15) is 14.4 Å². The van der Waals surface area contributed by atoms with E-state index in [1.807, 2.05) is 27.7 Å². The quantitative estimate of drug-likeness (QED) is 0.639. The highest BCUT2D eigenvalue weighted by Crippen LogP contribution is 2.24. The molecule has 0 aliphatic carbocycles. The Kier molecular flexibility index (Phi) is 8.23. The zero-order valence-corrected chi connectivity index (χ0v) is 18.3. The SMILES string of the molecule is CC(=O)O[C@H]1CNC(=O)[C@H](CC(C)C)NC(=O)[C@@H](N)[C@H](C(C)C)Oc2ccc1cc2. The van der Waals surface area contributed by atoms with Crippen LogP contribution in [0.25, 0.3) is 0 Å². The summed E-state index contributed by atoms with van der Waals surface area (Å²) in [5.74, 6) is -0.554. The molecule has 0 saturated carbocycles. The van der Waals surface area contributed by atoms with Crippen molar-refractivity contribution < 1.29 is 23.9 Å². The Balaban J connectivity index is 2.41. The van der Waals surface area contributed by atoms with Gasteiger partial charge >= 0.3 is 5.97 Å². The number of esters is 1. The van der Waals surface area contributed by atoms with Crippen molar-refractivity contribution in [3.63, 3.8) is 0 Å². The fraction of sp³-hybridized carbons (Fsp3) is 0.591. The van der Waals surface area contributed by atoms with Gasteiger partial charge in [-0.15, -0.1) is 0 Å². The minimum Gasteiger partial charge on any atom is -0.488 e. The summed E-state index contributed by atoms with van der Waals surface area (Å²) in [5, 5.41) is 5.57. The van der Waals surface area contributed by atoms with Gasteiger partial charge in [-0.05, 0) is 36.0 Å². The van der Waals surface area contributed by atoms with E-state index in [4.69, 9.17) is 15.2 Å². The van der Waals surface area contributed by atoms with Crippen LogP contribution >= 0.6 is 0 Å². The van der Waals surface area contributed by atoms with Gasteiger partial charge in [0.05, 0.1) is 6.54 Å². The average molecular weight is 420 g/mol. The molecule has 8 heteroatoms. The fourth-order valence-electron chi connectivity index (χ4n) is 3.41. The number of fused-ring (bicyclic) bond motifs is 11. The lowest BCUT2D eigenvalue weighted by Crippen LogP contribution is -2.57. The Morgan fingerprint density at radius 3 is 2.33 bits per heavy atom. The molecule has 4 N–H and O–H groups in total. The molecule has 2 bridgehead atoms. The van der Waals surface area contributed by atoms with Gasteiger partial charge in [0.15, 0.2) is 0 Å². The van der Waals surface area contributed by atoms with Crippen molar-refractivity contribution in [1.29, 1.82) is 0 Å². The molecule has 3 rings (SSSR count). The van der Waals surface area contributed by atoms with Gasteiger partial charge in [0, 0.05) is 6.92 Å². The maximum Gasteiger partial charge on any atom is 0.303 e. The number of amides is 2. The van der Waals surface area contributed by atoms with Crippen LogP contribution in [-0.4, -0.2) is 42.5 Å². The van der Waals surface area contributed by atoms with Crippen molar-refractivity contribution in [2.24, 2.45) is 17.6 Å². The van der Waals surface area contributed by atoms with Gasteiger partial charge in [-0.3, -0.25) is 14.4 Å². The molecule has 0 aromatic heterocycles. The number of ether oxygens (including phenoxy) is 2. The monoisotopic (exact) mass is 419 g/mol. The van der Waals surface area contributed by atoms with Crippen molar-refractivity contribution in [1.82, 2.24) is 10.6 Å². The molecule has 2 aliphatic rings. The predicted molar refractivity (Wildman–Crippen MR) is 113 cm³/mol. The molecule has 1 aromatic rings. The smallest absolute Gasteiger partial charge is 0.303 e. The number of rotatable bonds is 4. The van der Waals surface area contributed by atoms with Gasteiger partial charge in [-0.1, -0.05) is 39.8 Å². The highest BCUT2D eigenvalue weighted by molar-refractivity contribution is 5.90. The van der Waals surface area contributed by atoms with Gasteiger partial charge in [-0.25, -0.2) is 0 Å². The second-order valence-corrected chi connectivity index (χ2v) is 8.46. The van der Waals surface area contributed by atoms with E-state index in [1.54, 1.807) is 24.3 Å². The van der Waals surface area contributed by atoms with Crippen molar-refractivity contribution in [3.8, 4) is 5.75 Å². The first kappa shape index (κ1) is 23.7. The first-order valence-corrected chi connectivity index (χ1v) is 10.4. The third kappa shape index (κ3) is 6.45. The molecule has 0 fully saturated rings. The van der Waals surface area contributed by atoms with Crippen LogP contribution in [-0.2, 0) is 19.1 Å². The minimum atomic E-state index is -0.941. The lowest BCUT2D eigenvalue weighted by Gasteiger charge is -2.30. The summed E-state index contributed by atoms with van der Waals surface area (Å²) >= 11 is 0. The summed E-state index contributed by atoms with van der Waals surface area (Å²) in [6.07, 6.45) is -0.781. The Morgan fingerprint density at radius 1 is 1.17 bits per heavy atom. The Bertz CT molecular complexity index is 748. The number of nitrogens with one attached hydrogen (secondary N) is 2. The second-order valence-electron chi connectivity index (χ2n) is 8.46. The maximum atomic E-state index is 12.8. The van der Waals surface area contributed by atoms with E-state index in [2.05, 4.69) is 10.6 Å². The van der Waals surface area contributed by atoms with Crippen LogP contribution in [0.15, 0.2) is 24.3 Å². The molecule has 2 amide bonds.